The molecule has 2 amide bonds. The summed E-state index contributed by atoms with van der Waals surface area (Å²) in [6.45, 7) is 6.48. The Bertz CT molecular complexity index is 1070. The maximum Gasteiger partial charge on any atom is 0.319 e. The van der Waals surface area contributed by atoms with Crippen LogP contribution in [0.2, 0.25) is 0 Å². The highest BCUT2D eigenvalue weighted by Gasteiger charge is 2.25. The summed E-state index contributed by atoms with van der Waals surface area (Å²) in [6.07, 6.45) is 0.635. The number of hydrogen-bond donors (Lipinski definition) is 3. The number of nitrogens with two attached hydrogens (primary N) is 1. The molecule has 0 aliphatic rings. The summed E-state index contributed by atoms with van der Waals surface area (Å²) < 4.78 is 12.3. The van der Waals surface area contributed by atoms with E-state index in [0.717, 1.165) is 11.1 Å². The number of hydrogen-bond acceptors (Lipinski definition) is 5. The van der Waals surface area contributed by atoms with Crippen molar-refractivity contribution in [1.82, 2.24) is 15.1 Å². The van der Waals surface area contributed by atoms with Crippen molar-refractivity contribution in [3.63, 3.8) is 0 Å². The Morgan fingerprint density at radius 3 is 2.38 bits per heavy atom. The van der Waals surface area contributed by atoms with Gasteiger partial charge in [-0.3, -0.25) is 0 Å². The molecule has 0 saturated heterocycles. The highest BCUT2D eigenvalue weighted by Crippen LogP contribution is 2.35. The number of rotatable bonds is 7. The molecule has 170 valence electrons. The largest absolute Gasteiger partial charge is 0.493 e. The van der Waals surface area contributed by atoms with E-state index in [1.807, 2.05) is 69.3 Å². The monoisotopic (exact) mass is 437 g/mol. The van der Waals surface area contributed by atoms with Crippen LogP contribution in [-0.2, 0) is 12.0 Å². The standard InChI is InChI=1S/C24H31N5O3/c1-24(2,3)29-22(25)21(20(28-29)17-9-7-6-8-10-17)27-23(30)26-14-13-16-11-12-18(31-4)19(15-16)32-5/h6-12,15H,13-14,25H2,1-5H3,(H2,26,27,30). The van der Waals surface area contributed by atoms with Crippen molar-refractivity contribution >= 4 is 17.5 Å². The number of aromatic nitrogens is 2. The second-order valence-electron chi connectivity index (χ2n) is 8.38. The van der Waals surface area contributed by atoms with Crippen LogP contribution < -0.4 is 25.8 Å². The SMILES string of the molecule is COc1ccc(CCNC(=O)Nc2c(-c3ccccc3)nn(C(C)(C)C)c2N)cc1OC. The highest BCUT2D eigenvalue weighted by atomic mass is 16.5. The molecule has 32 heavy (non-hydrogen) atoms. The fourth-order valence-electron chi connectivity index (χ4n) is 3.38. The number of carbonyl (C=O) groups excluding carboxylic acids is 1. The van der Waals surface area contributed by atoms with Crippen LogP contribution in [0.1, 0.15) is 26.3 Å². The van der Waals surface area contributed by atoms with Crippen LogP contribution in [0.15, 0.2) is 48.5 Å². The molecule has 0 aliphatic carbocycles. The van der Waals surface area contributed by atoms with E-state index in [1.54, 1.807) is 18.9 Å². The summed E-state index contributed by atoms with van der Waals surface area (Å²) in [4.78, 5) is 12.7. The van der Waals surface area contributed by atoms with Gasteiger partial charge in [-0.25, -0.2) is 9.48 Å². The number of ether oxygens (including phenoxy) is 2. The van der Waals surface area contributed by atoms with Crippen LogP contribution in [0, 0.1) is 0 Å². The van der Waals surface area contributed by atoms with Gasteiger partial charge in [-0.05, 0) is 44.9 Å². The summed E-state index contributed by atoms with van der Waals surface area (Å²) in [5.41, 5.74) is 9.08. The molecule has 0 radical (unpaired) electrons. The Balaban J connectivity index is 1.73. The van der Waals surface area contributed by atoms with Crippen LogP contribution in [0.25, 0.3) is 11.3 Å². The van der Waals surface area contributed by atoms with Crippen molar-refractivity contribution < 1.29 is 14.3 Å². The molecule has 0 fully saturated rings. The Morgan fingerprint density at radius 1 is 1.06 bits per heavy atom. The van der Waals surface area contributed by atoms with Crippen LogP contribution in [0.3, 0.4) is 0 Å². The summed E-state index contributed by atoms with van der Waals surface area (Å²) in [5, 5.41) is 10.5. The molecule has 1 aromatic heterocycles. The number of urea groups is 1. The Morgan fingerprint density at radius 2 is 1.75 bits per heavy atom. The summed E-state index contributed by atoms with van der Waals surface area (Å²) in [5.74, 6) is 1.73. The minimum atomic E-state index is -0.345. The molecule has 0 aliphatic heterocycles. The summed E-state index contributed by atoms with van der Waals surface area (Å²) >= 11 is 0. The van der Waals surface area contributed by atoms with E-state index < -0.39 is 0 Å². The van der Waals surface area contributed by atoms with E-state index >= 15 is 0 Å². The molecule has 4 N–H and O–H groups in total. The molecule has 0 saturated carbocycles. The summed E-state index contributed by atoms with van der Waals surface area (Å²) in [7, 11) is 3.19. The first-order chi connectivity index (χ1) is 15.2. The third kappa shape index (κ3) is 5.14. The molecule has 2 aromatic carbocycles. The zero-order valence-electron chi connectivity index (χ0n) is 19.2. The number of methoxy groups -OCH3 is 2. The molecule has 0 spiro atoms. The first-order valence-corrected chi connectivity index (χ1v) is 10.4. The van der Waals surface area contributed by atoms with Crippen LogP contribution >= 0.6 is 0 Å². The number of amides is 2. The average molecular weight is 438 g/mol. The molecule has 8 heteroatoms. The fraction of sp³-hybridized carbons (Fsp3) is 0.333. The normalized spacial score (nSPS) is 11.2. The number of anilines is 2. The first-order valence-electron chi connectivity index (χ1n) is 10.4. The fourth-order valence-corrected chi connectivity index (χ4v) is 3.38. The highest BCUT2D eigenvalue weighted by molar-refractivity contribution is 5.97. The van der Waals surface area contributed by atoms with Crippen molar-refractivity contribution in [1.29, 1.82) is 0 Å². The maximum absolute atomic E-state index is 12.7. The van der Waals surface area contributed by atoms with Gasteiger partial charge in [0.25, 0.3) is 0 Å². The molecule has 3 rings (SSSR count). The van der Waals surface area contributed by atoms with E-state index in [9.17, 15) is 4.79 Å². The number of benzene rings is 2. The van der Waals surface area contributed by atoms with Gasteiger partial charge >= 0.3 is 6.03 Å². The van der Waals surface area contributed by atoms with E-state index in [4.69, 9.17) is 20.3 Å². The molecule has 0 atom stereocenters. The number of nitrogens with one attached hydrogen (secondary N) is 2. The third-order valence-electron chi connectivity index (χ3n) is 4.99. The van der Waals surface area contributed by atoms with Crippen molar-refractivity contribution in [2.45, 2.75) is 32.7 Å². The molecular weight excluding hydrogens is 406 g/mol. The van der Waals surface area contributed by atoms with Crippen molar-refractivity contribution in [3.05, 3.63) is 54.1 Å². The quantitative estimate of drug-likeness (QED) is 0.512. The van der Waals surface area contributed by atoms with Gasteiger partial charge < -0.3 is 25.8 Å². The predicted molar refractivity (Wildman–Crippen MR) is 127 cm³/mol. The zero-order chi connectivity index (χ0) is 23.3. The third-order valence-corrected chi connectivity index (χ3v) is 4.99. The number of carbonyl (C=O) groups is 1. The second kappa shape index (κ2) is 9.64. The minimum absolute atomic E-state index is 0.336. The lowest BCUT2D eigenvalue weighted by Crippen LogP contribution is -2.31. The minimum Gasteiger partial charge on any atom is -0.493 e. The van der Waals surface area contributed by atoms with Gasteiger partial charge in [0.15, 0.2) is 11.5 Å². The van der Waals surface area contributed by atoms with E-state index in [-0.39, 0.29) is 11.6 Å². The van der Waals surface area contributed by atoms with Crippen LogP contribution in [-0.4, -0.2) is 36.6 Å². The van der Waals surface area contributed by atoms with Crippen LogP contribution in [0.5, 0.6) is 11.5 Å². The topological polar surface area (TPSA) is 103 Å². The van der Waals surface area contributed by atoms with Gasteiger partial charge in [-0.1, -0.05) is 36.4 Å². The van der Waals surface area contributed by atoms with Gasteiger partial charge in [-0.2, -0.15) is 5.10 Å². The van der Waals surface area contributed by atoms with Crippen molar-refractivity contribution in [2.24, 2.45) is 0 Å². The molecule has 0 bridgehead atoms. The first kappa shape index (κ1) is 23.0. The molecule has 1 heterocycles. The van der Waals surface area contributed by atoms with Gasteiger partial charge in [0.05, 0.1) is 19.8 Å². The van der Waals surface area contributed by atoms with E-state index in [1.165, 1.54) is 0 Å². The second-order valence-corrected chi connectivity index (χ2v) is 8.38. The van der Waals surface area contributed by atoms with Gasteiger partial charge in [-0.15, -0.1) is 0 Å². The number of nitrogen functional groups attached to an aromatic ring is 1. The lowest BCUT2D eigenvalue weighted by Gasteiger charge is -2.20. The lowest BCUT2D eigenvalue weighted by atomic mass is 10.1. The van der Waals surface area contributed by atoms with Gasteiger partial charge in [0.2, 0.25) is 0 Å². The van der Waals surface area contributed by atoms with Crippen molar-refractivity contribution in [3.8, 4) is 22.8 Å². The van der Waals surface area contributed by atoms with Gasteiger partial charge in [0, 0.05) is 12.1 Å². The molecule has 8 nitrogen and oxygen atoms in total. The summed E-state index contributed by atoms with van der Waals surface area (Å²) in [6, 6.07) is 15.0. The number of nitrogens with zero attached hydrogens (tertiary/aromatic N) is 2. The Labute approximate surface area is 188 Å². The maximum atomic E-state index is 12.7. The Kier molecular flexibility index (Phi) is 6.92. The smallest absolute Gasteiger partial charge is 0.319 e. The average Bonchev–Trinajstić information content (AvgIpc) is 3.10. The molecule has 3 aromatic rings. The Hall–Kier alpha value is -3.68. The van der Waals surface area contributed by atoms with Gasteiger partial charge in [0.1, 0.15) is 17.2 Å². The van der Waals surface area contributed by atoms with Crippen LogP contribution in [0.4, 0.5) is 16.3 Å². The lowest BCUT2D eigenvalue weighted by molar-refractivity contribution is 0.252. The zero-order valence-corrected chi connectivity index (χ0v) is 19.2. The molecular formula is C24H31N5O3. The van der Waals surface area contributed by atoms with E-state index in [0.29, 0.717) is 41.7 Å². The van der Waals surface area contributed by atoms with Crippen molar-refractivity contribution in [2.75, 3.05) is 31.8 Å². The van der Waals surface area contributed by atoms with E-state index in [2.05, 4.69) is 10.6 Å². The molecule has 0 unspecified atom stereocenters. The predicted octanol–water partition coefficient (Wildman–Crippen LogP) is 4.27.